The number of nitrogens with zero attached hydrogens (tertiary/aromatic N) is 8. The van der Waals surface area contributed by atoms with Crippen molar-refractivity contribution in [1.82, 2.24) is 38.4 Å². The van der Waals surface area contributed by atoms with Gasteiger partial charge in [0.2, 0.25) is 5.91 Å². The number of piperidine rings is 1. The van der Waals surface area contributed by atoms with Crippen molar-refractivity contribution in [2.24, 2.45) is 5.92 Å². The molecule has 5 aromatic rings. The Balaban J connectivity index is 1.17. The molecule has 1 saturated heterocycles. The Morgan fingerprint density at radius 2 is 2.05 bits per heavy atom. The standard InChI is InChI=1S/C28H32N10OS/c1-18-5-4-8-36(13-18)16-23-10-26(40-35-23)34-27-28-30-12-24(38(28)14-20(3)32-27)21-11-31-37(15-21)17-25(39)33-22-6-7-29-19(2)9-22/h6-7,9-12,14-15,18H,4-5,8,13,16-17H2,1-3H3,(H,32,34)(H,29,33,39). The van der Waals surface area contributed by atoms with Gasteiger partial charge < -0.3 is 10.6 Å². The van der Waals surface area contributed by atoms with Gasteiger partial charge in [0.05, 0.1) is 29.5 Å². The average molecular weight is 557 g/mol. The van der Waals surface area contributed by atoms with Gasteiger partial charge in [-0.15, -0.1) is 0 Å². The molecule has 0 spiro atoms. The van der Waals surface area contributed by atoms with Crippen LogP contribution < -0.4 is 10.6 Å². The molecule has 0 radical (unpaired) electrons. The van der Waals surface area contributed by atoms with Crippen molar-refractivity contribution in [2.75, 3.05) is 23.7 Å². The second-order valence-corrected chi connectivity index (χ2v) is 11.3. The topological polar surface area (TPSA) is 118 Å². The van der Waals surface area contributed by atoms with Gasteiger partial charge in [-0.05, 0) is 68.9 Å². The van der Waals surface area contributed by atoms with Gasteiger partial charge in [0.25, 0.3) is 0 Å². The number of carbonyl (C=O) groups excluding carboxylic acids is 1. The number of nitrogens with one attached hydrogen (secondary N) is 2. The zero-order valence-electron chi connectivity index (χ0n) is 22.8. The third kappa shape index (κ3) is 5.87. The van der Waals surface area contributed by atoms with Crippen molar-refractivity contribution in [3.63, 3.8) is 0 Å². The summed E-state index contributed by atoms with van der Waals surface area (Å²) in [6.07, 6.45) is 11.6. The highest BCUT2D eigenvalue weighted by molar-refractivity contribution is 7.10. The molecule has 0 bridgehead atoms. The lowest BCUT2D eigenvalue weighted by Gasteiger charge is -2.30. The molecule has 6 heterocycles. The minimum absolute atomic E-state index is 0.0928. The van der Waals surface area contributed by atoms with Gasteiger partial charge in [0, 0.05) is 48.6 Å². The zero-order chi connectivity index (χ0) is 27.6. The Labute approximate surface area is 236 Å². The number of aryl methyl sites for hydroxylation is 2. The molecule has 2 N–H and O–H groups in total. The number of likely N-dealkylation sites (tertiary alicyclic amines) is 1. The van der Waals surface area contributed by atoms with Crippen molar-refractivity contribution in [3.8, 4) is 11.3 Å². The van der Waals surface area contributed by atoms with Crippen molar-refractivity contribution in [1.29, 1.82) is 0 Å². The first-order valence-corrected chi connectivity index (χ1v) is 14.2. The van der Waals surface area contributed by atoms with Crippen LogP contribution in [0.4, 0.5) is 16.5 Å². The molecular weight excluding hydrogens is 524 g/mol. The van der Waals surface area contributed by atoms with Crippen LogP contribution in [0.5, 0.6) is 0 Å². The summed E-state index contributed by atoms with van der Waals surface area (Å²) in [7, 11) is 0. The molecule has 1 unspecified atom stereocenters. The smallest absolute Gasteiger partial charge is 0.246 e. The number of hydrogen-bond acceptors (Lipinski definition) is 9. The molecule has 11 nitrogen and oxygen atoms in total. The summed E-state index contributed by atoms with van der Waals surface area (Å²) >= 11 is 1.44. The first kappa shape index (κ1) is 26.1. The predicted octanol–water partition coefficient (Wildman–Crippen LogP) is 4.68. The van der Waals surface area contributed by atoms with E-state index < -0.39 is 0 Å². The molecule has 1 fully saturated rings. The normalized spacial score (nSPS) is 15.9. The molecule has 40 heavy (non-hydrogen) atoms. The number of carbonyl (C=O) groups is 1. The minimum atomic E-state index is -0.163. The molecule has 5 aromatic heterocycles. The van der Waals surface area contributed by atoms with E-state index >= 15 is 0 Å². The Hall–Kier alpha value is -4.16. The van der Waals surface area contributed by atoms with Crippen LogP contribution in [0.2, 0.25) is 0 Å². The molecule has 1 amide bonds. The van der Waals surface area contributed by atoms with Crippen LogP contribution in [-0.2, 0) is 17.9 Å². The van der Waals surface area contributed by atoms with E-state index in [-0.39, 0.29) is 12.5 Å². The Morgan fingerprint density at radius 3 is 2.90 bits per heavy atom. The summed E-state index contributed by atoms with van der Waals surface area (Å²) in [6.45, 7) is 9.39. The Kier molecular flexibility index (Phi) is 7.27. The number of anilines is 3. The van der Waals surface area contributed by atoms with Crippen LogP contribution in [0.1, 0.15) is 36.8 Å². The molecule has 0 aliphatic carbocycles. The van der Waals surface area contributed by atoms with Gasteiger partial charge in [0.15, 0.2) is 11.5 Å². The number of fused-ring (bicyclic) bond motifs is 1. The highest BCUT2D eigenvalue weighted by atomic mass is 32.1. The van der Waals surface area contributed by atoms with E-state index in [1.54, 1.807) is 29.3 Å². The van der Waals surface area contributed by atoms with Crippen molar-refractivity contribution in [2.45, 2.75) is 46.7 Å². The summed E-state index contributed by atoms with van der Waals surface area (Å²) in [6, 6.07) is 5.70. The number of aromatic nitrogens is 7. The van der Waals surface area contributed by atoms with Gasteiger partial charge in [-0.25, -0.2) is 9.97 Å². The Bertz CT molecular complexity index is 1650. The highest BCUT2D eigenvalue weighted by Crippen LogP contribution is 2.28. The maximum atomic E-state index is 12.6. The van der Waals surface area contributed by atoms with Crippen molar-refractivity contribution in [3.05, 3.63) is 66.3 Å². The fraction of sp³-hybridized carbons (Fsp3) is 0.357. The van der Waals surface area contributed by atoms with Crippen LogP contribution in [0.25, 0.3) is 16.9 Å². The molecule has 1 aliphatic heterocycles. The number of hydrogen-bond donors (Lipinski definition) is 2. The van der Waals surface area contributed by atoms with Crippen LogP contribution in [0, 0.1) is 19.8 Å². The molecule has 1 atom stereocenters. The van der Waals surface area contributed by atoms with Gasteiger partial charge in [-0.2, -0.15) is 9.47 Å². The maximum Gasteiger partial charge on any atom is 0.246 e. The van der Waals surface area contributed by atoms with Gasteiger partial charge in [0.1, 0.15) is 11.5 Å². The summed E-state index contributed by atoms with van der Waals surface area (Å²) < 4.78 is 8.30. The fourth-order valence-corrected chi connectivity index (χ4v) is 5.84. The lowest BCUT2D eigenvalue weighted by molar-refractivity contribution is -0.116. The molecule has 6 rings (SSSR count). The van der Waals surface area contributed by atoms with E-state index in [0.29, 0.717) is 17.2 Å². The molecular formula is C28H32N10OS. The first-order valence-electron chi connectivity index (χ1n) is 13.4. The van der Waals surface area contributed by atoms with Crippen LogP contribution in [-0.4, -0.2) is 57.4 Å². The maximum absolute atomic E-state index is 12.6. The van der Waals surface area contributed by atoms with Gasteiger partial charge >= 0.3 is 0 Å². The van der Waals surface area contributed by atoms with Crippen LogP contribution in [0.3, 0.4) is 0 Å². The number of imidazole rings is 1. The predicted molar refractivity (Wildman–Crippen MR) is 156 cm³/mol. The minimum Gasteiger partial charge on any atom is -0.328 e. The van der Waals surface area contributed by atoms with Gasteiger partial charge in [-0.1, -0.05) is 6.92 Å². The van der Waals surface area contributed by atoms with Crippen LogP contribution >= 0.6 is 11.5 Å². The second-order valence-electron chi connectivity index (χ2n) is 10.5. The van der Waals surface area contributed by atoms with E-state index in [1.807, 2.05) is 36.7 Å². The third-order valence-corrected chi connectivity index (χ3v) is 7.70. The number of amides is 1. The molecule has 12 heteroatoms. The third-order valence-electron chi connectivity index (χ3n) is 6.96. The second kappa shape index (κ2) is 11.1. The fourth-order valence-electron chi connectivity index (χ4n) is 5.18. The largest absolute Gasteiger partial charge is 0.328 e. The first-order chi connectivity index (χ1) is 19.4. The summed E-state index contributed by atoms with van der Waals surface area (Å²) in [5.74, 6) is 1.25. The molecule has 206 valence electrons. The number of rotatable bonds is 8. The number of pyridine rings is 1. The van der Waals surface area contributed by atoms with Crippen molar-refractivity contribution < 1.29 is 4.79 Å². The van der Waals surface area contributed by atoms with E-state index in [9.17, 15) is 4.79 Å². The summed E-state index contributed by atoms with van der Waals surface area (Å²) in [5, 5.41) is 11.7. The Morgan fingerprint density at radius 1 is 1.15 bits per heavy atom. The average Bonchev–Trinajstić information content (AvgIpc) is 3.64. The van der Waals surface area contributed by atoms with E-state index in [4.69, 9.17) is 4.98 Å². The van der Waals surface area contributed by atoms with E-state index in [0.717, 1.165) is 58.9 Å². The molecule has 1 aliphatic rings. The monoisotopic (exact) mass is 556 g/mol. The van der Waals surface area contributed by atoms with Gasteiger partial charge in [-0.3, -0.25) is 23.8 Å². The van der Waals surface area contributed by atoms with E-state index in [2.05, 4.69) is 48.0 Å². The van der Waals surface area contributed by atoms with Crippen molar-refractivity contribution >= 4 is 39.6 Å². The molecule has 0 saturated carbocycles. The highest BCUT2D eigenvalue weighted by Gasteiger charge is 2.19. The quantitative estimate of drug-likeness (QED) is 0.283. The zero-order valence-corrected chi connectivity index (χ0v) is 23.6. The SMILES string of the molecule is Cc1cc(NC(=O)Cn2cc(-c3cnc4c(Nc5cc(CN6CCCC(C)C6)ns5)nc(C)cn34)cn2)ccn1. The summed E-state index contributed by atoms with van der Waals surface area (Å²) in [4.78, 5) is 28.6. The van der Waals surface area contributed by atoms with E-state index in [1.165, 1.54) is 24.4 Å². The van der Waals surface area contributed by atoms with Crippen LogP contribution in [0.15, 0.2) is 49.2 Å². The molecule has 0 aromatic carbocycles. The lowest BCUT2D eigenvalue weighted by atomic mass is 10.0. The lowest BCUT2D eigenvalue weighted by Crippen LogP contribution is -2.33. The summed E-state index contributed by atoms with van der Waals surface area (Å²) in [5.41, 5.74) is 5.90.